The van der Waals surface area contributed by atoms with Gasteiger partial charge in [0, 0.05) is 17.6 Å². The number of anilines is 1. The molecule has 7 heteroatoms. The number of benzene rings is 2. The Morgan fingerprint density at radius 3 is 2.71 bits per heavy atom. The number of hydrogen-bond donors (Lipinski definition) is 1. The molecule has 1 aromatic heterocycles. The number of aromatic nitrogens is 3. The van der Waals surface area contributed by atoms with E-state index in [1.807, 2.05) is 35.9 Å². The summed E-state index contributed by atoms with van der Waals surface area (Å²) in [6, 6.07) is 13.5. The van der Waals surface area contributed by atoms with Gasteiger partial charge in [0.1, 0.15) is 12.1 Å². The summed E-state index contributed by atoms with van der Waals surface area (Å²) >= 11 is 1.49. The van der Waals surface area contributed by atoms with Crippen molar-refractivity contribution in [2.45, 2.75) is 16.5 Å². The number of hydrogen-bond acceptors (Lipinski definition) is 4. The summed E-state index contributed by atoms with van der Waals surface area (Å²) in [5.41, 5.74) is 1.33. The Kier molecular flexibility index (Phi) is 4.90. The van der Waals surface area contributed by atoms with Crippen LogP contribution in [0.25, 0.3) is 0 Å². The van der Waals surface area contributed by atoms with Gasteiger partial charge in [0.2, 0.25) is 5.91 Å². The lowest BCUT2D eigenvalue weighted by Crippen LogP contribution is -2.14. The Bertz CT molecular complexity index is 848. The first-order chi connectivity index (χ1) is 11.6. The minimum atomic E-state index is -0.342. The predicted molar refractivity (Wildman–Crippen MR) is 90.3 cm³/mol. The van der Waals surface area contributed by atoms with Gasteiger partial charge in [-0.25, -0.2) is 4.39 Å². The van der Waals surface area contributed by atoms with Gasteiger partial charge in [-0.15, -0.1) is 10.2 Å². The van der Waals surface area contributed by atoms with Crippen LogP contribution < -0.4 is 5.32 Å². The van der Waals surface area contributed by atoms with E-state index in [0.29, 0.717) is 11.3 Å². The number of amides is 1. The molecule has 0 unspecified atom stereocenters. The van der Waals surface area contributed by atoms with Crippen LogP contribution in [0.1, 0.15) is 5.56 Å². The molecule has 1 amide bonds. The highest BCUT2D eigenvalue weighted by Crippen LogP contribution is 2.26. The molecule has 5 nitrogen and oxygen atoms in total. The van der Waals surface area contributed by atoms with Crippen molar-refractivity contribution < 1.29 is 9.18 Å². The van der Waals surface area contributed by atoms with Crippen molar-refractivity contribution >= 4 is 23.4 Å². The minimum absolute atomic E-state index is 0.132. The number of aryl methyl sites for hydroxylation is 1. The summed E-state index contributed by atoms with van der Waals surface area (Å²) in [7, 11) is 1.88. The molecule has 3 rings (SSSR count). The smallest absolute Gasteiger partial charge is 0.228 e. The second kappa shape index (κ2) is 7.27. The Morgan fingerprint density at radius 2 is 2.04 bits per heavy atom. The van der Waals surface area contributed by atoms with Crippen LogP contribution in [0.2, 0.25) is 0 Å². The van der Waals surface area contributed by atoms with Gasteiger partial charge in [-0.3, -0.25) is 4.79 Å². The third kappa shape index (κ3) is 4.20. The van der Waals surface area contributed by atoms with E-state index in [1.165, 1.54) is 23.9 Å². The van der Waals surface area contributed by atoms with E-state index in [4.69, 9.17) is 0 Å². The lowest BCUT2D eigenvalue weighted by molar-refractivity contribution is -0.115. The second-order valence-corrected chi connectivity index (χ2v) is 6.25. The molecule has 24 heavy (non-hydrogen) atoms. The van der Waals surface area contributed by atoms with E-state index in [2.05, 4.69) is 15.5 Å². The number of carbonyl (C=O) groups is 1. The molecule has 2 aromatic carbocycles. The van der Waals surface area contributed by atoms with Gasteiger partial charge in [0.05, 0.1) is 6.42 Å². The summed E-state index contributed by atoms with van der Waals surface area (Å²) in [5.74, 6) is -0.528. The number of halogens is 1. The van der Waals surface area contributed by atoms with Crippen LogP contribution in [0.3, 0.4) is 0 Å². The van der Waals surface area contributed by atoms with Crippen LogP contribution in [-0.2, 0) is 18.3 Å². The molecule has 0 radical (unpaired) electrons. The van der Waals surface area contributed by atoms with Crippen molar-refractivity contribution in [3.05, 3.63) is 66.2 Å². The van der Waals surface area contributed by atoms with Gasteiger partial charge in [-0.05, 0) is 53.7 Å². The second-order valence-electron chi connectivity index (χ2n) is 5.21. The van der Waals surface area contributed by atoms with Crippen LogP contribution in [0.5, 0.6) is 0 Å². The Labute approximate surface area is 142 Å². The first-order valence-corrected chi connectivity index (χ1v) is 8.08. The average Bonchev–Trinajstić information content (AvgIpc) is 2.94. The average molecular weight is 342 g/mol. The maximum atomic E-state index is 13.1. The van der Waals surface area contributed by atoms with Gasteiger partial charge < -0.3 is 9.88 Å². The quantitative estimate of drug-likeness (QED) is 0.773. The van der Waals surface area contributed by atoms with Crippen LogP contribution in [0, 0.1) is 5.82 Å². The molecule has 1 N–H and O–H groups in total. The number of carbonyl (C=O) groups excluding carboxylic acids is 1. The van der Waals surface area contributed by atoms with Crippen LogP contribution in [-0.4, -0.2) is 20.7 Å². The van der Waals surface area contributed by atoms with Crippen LogP contribution in [0.15, 0.2) is 64.9 Å². The molecule has 122 valence electrons. The maximum absolute atomic E-state index is 13.1. The van der Waals surface area contributed by atoms with E-state index >= 15 is 0 Å². The third-order valence-corrected chi connectivity index (χ3v) is 4.33. The zero-order valence-electron chi connectivity index (χ0n) is 12.9. The molecule has 0 spiro atoms. The normalized spacial score (nSPS) is 10.6. The number of nitrogens with one attached hydrogen (secondary N) is 1. The topological polar surface area (TPSA) is 59.8 Å². The van der Waals surface area contributed by atoms with Crippen molar-refractivity contribution in [2.24, 2.45) is 7.05 Å². The van der Waals surface area contributed by atoms with Gasteiger partial charge >= 0.3 is 0 Å². The molecule has 0 saturated heterocycles. The first-order valence-electron chi connectivity index (χ1n) is 7.26. The van der Waals surface area contributed by atoms with Crippen molar-refractivity contribution in [1.82, 2.24) is 14.8 Å². The molecule has 1 heterocycles. The van der Waals surface area contributed by atoms with E-state index in [0.717, 1.165) is 10.1 Å². The molecule has 0 fully saturated rings. The highest BCUT2D eigenvalue weighted by molar-refractivity contribution is 7.99. The standard InChI is InChI=1S/C17H15FN4OS/c1-22-11-19-21-17(22)24-15-7-5-14(6-8-15)20-16(23)10-12-3-2-4-13(18)9-12/h2-9,11H,10H2,1H3,(H,20,23). The van der Waals surface area contributed by atoms with Crippen molar-refractivity contribution in [2.75, 3.05) is 5.32 Å². The fraction of sp³-hybridized carbons (Fsp3) is 0.118. The third-order valence-electron chi connectivity index (χ3n) is 3.27. The lowest BCUT2D eigenvalue weighted by atomic mass is 10.1. The van der Waals surface area contributed by atoms with E-state index in [1.54, 1.807) is 18.5 Å². The molecular weight excluding hydrogens is 327 g/mol. The van der Waals surface area contributed by atoms with Crippen LogP contribution >= 0.6 is 11.8 Å². The minimum Gasteiger partial charge on any atom is -0.326 e. The van der Waals surface area contributed by atoms with Gasteiger partial charge in [0.15, 0.2) is 5.16 Å². The molecule has 0 saturated carbocycles. The Morgan fingerprint density at radius 1 is 1.25 bits per heavy atom. The SMILES string of the molecule is Cn1cnnc1Sc1ccc(NC(=O)Cc2cccc(F)c2)cc1. The number of rotatable bonds is 5. The molecule has 3 aromatic rings. The van der Waals surface area contributed by atoms with Gasteiger partial charge in [0.25, 0.3) is 0 Å². The fourth-order valence-corrected chi connectivity index (χ4v) is 2.88. The summed E-state index contributed by atoms with van der Waals surface area (Å²) in [4.78, 5) is 13.0. The lowest BCUT2D eigenvalue weighted by Gasteiger charge is -2.07. The largest absolute Gasteiger partial charge is 0.326 e. The van der Waals surface area contributed by atoms with Crippen molar-refractivity contribution in [3.8, 4) is 0 Å². The summed E-state index contributed by atoms with van der Waals surface area (Å²) in [6.45, 7) is 0. The predicted octanol–water partition coefficient (Wildman–Crippen LogP) is 3.29. The van der Waals surface area contributed by atoms with Crippen LogP contribution in [0.4, 0.5) is 10.1 Å². The molecule has 0 atom stereocenters. The van der Waals surface area contributed by atoms with Gasteiger partial charge in [-0.1, -0.05) is 12.1 Å². The van der Waals surface area contributed by atoms with Crippen molar-refractivity contribution in [3.63, 3.8) is 0 Å². The zero-order valence-corrected chi connectivity index (χ0v) is 13.8. The van der Waals surface area contributed by atoms with E-state index < -0.39 is 0 Å². The Balaban J connectivity index is 1.59. The summed E-state index contributed by atoms with van der Waals surface area (Å²) in [5, 5.41) is 11.4. The van der Waals surface area contributed by atoms with Gasteiger partial charge in [-0.2, -0.15) is 0 Å². The number of nitrogens with zero attached hydrogens (tertiary/aromatic N) is 3. The van der Waals surface area contributed by atoms with Crippen molar-refractivity contribution in [1.29, 1.82) is 0 Å². The zero-order chi connectivity index (χ0) is 16.9. The molecular formula is C17H15FN4OS. The molecule has 0 aliphatic heterocycles. The monoisotopic (exact) mass is 342 g/mol. The maximum Gasteiger partial charge on any atom is 0.228 e. The molecule has 0 aliphatic rings. The molecule has 0 bridgehead atoms. The first kappa shape index (κ1) is 16.2. The highest BCUT2D eigenvalue weighted by Gasteiger charge is 2.07. The molecule has 0 aliphatic carbocycles. The van der Waals surface area contributed by atoms with E-state index in [-0.39, 0.29) is 18.1 Å². The fourth-order valence-electron chi connectivity index (χ4n) is 2.11. The summed E-state index contributed by atoms with van der Waals surface area (Å²) < 4.78 is 15.0. The van der Waals surface area contributed by atoms with E-state index in [9.17, 15) is 9.18 Å². The Hall–Kier alpha value is -2.67. The highest BCUT2D eigenvalue weighted by atomic mass is 32.2. The summed E-state index contributed by atoms with van der Waals surface area (Å²) in [6.07, 6.45) is 1.77.